The summed E-state index contributed by atoms with van der Waals surface area (Å²) in [7, 11) is 0. The Labute approximate surface area is 209 Å². The van der Waals surface area contributed by atoms with Gasteiger partial charge in [0.2, 0.25) is 5.91 Å². The number of rotatable bonds is 6. The van der Waals surface area contributed by atoms with Crippen molar-refractivity contribution in [2.45, 2.75) is 32.5 Å². The number of aromatic nitrogens is 3. The molecular formula is C26H21F3N6O2. The fourth-order valence-electron chi connectivity index (χ4n) is 4.37. The van der Waals surface area contributed by atoms with Crippen LogP contribution in [-0.4, -0.2) is 26.6 Å². The number of nitrogens with zero attached hydrogens (tertiary/aromatic N) is 4. The second kappa shape index (κ2) is 9.39. The Morgan fingerprint density at radius 1 is 1.03 bits per heavy atom. The van der Waals surface area contributed by atoms with E-state index in [2.05, 4.69) is 10.1 Å². The lowest BCUT2D eigenvalue weighted by Crippen LogP contribution is -2.22. The monoisotopic (exact) mass is 506 g/mol. The number of carbonyl (C=O) groups excluding carboxylic acids is 2. The number of fused-ring (bicyclic) bond motifs is 1. The van der Waals surface area contributed by atoms with Crippen LogP contribution in [-0.2, 0) is 12.7 Å². The molecule has 188 valence electrons. The Kier molecular flexibility index (Phi) is 6.44. The predicted molar refractivity (Wildman–Crippen MR) is 129 cm³/mol. The number of benzene rings is 2. The maximum Gasteiger partial charge on any atom is 0.435 e. The minimum atomic E-state index is -4.95. The second-order valence-electron chi connectivity index (χ2n) is 8.68. The maximum atomic E-state index is 14.4. The molecule has 2 heterocycles. The van der Waals surface area contributed by atoms with E-state index >= 15 is 0 Å². The molecule has 0 aliphatic carbocycles. The molecule has 2 amide bonds. The summed E-state index contributed by atoms with van der Waals surface area (Å²) in [6.07, 6.45) is -4.95. The van der Waals surface area contributed by atoms with E-state index in [1.54, 1.807) is 50.2 Å². The molecule has 4 aromatic rings. The standard InChI is InChI=1S/C26H21F3N6O2/c1-13(2)22-20(19-18(24(31)36)16-5-3-4-6-17(16)33-21(19)25(32)37)23(26(27,28)29)34-35(22)12-15-9-7-14(11-30)8-10-15/h3-10,13H,12H2,1-2H3,(H2,31,36)(H2,32,37). The van der Waals surface area contributed by atoms with Crippen LogP contribution in [0, 0.1) is 11.3 Å². The minimum Gasteiger partial charge on any atom is -0.366 e. The Bertz CT molecular complexity index is 1580. The molecular weight excluding hydrogens is 485 g/mol. The number of nitriles is 1. The molecule has 0 fully saturated rings. The Balaban J connectivity index is 2.13. The van der Waals surface area contributed by atoms with Crippen molar-refractivity contribution in [1.29, 1.82) is 5.26 Å². The highest BCUT2D eigenvalue weighted by molar-refractivity contribution is 6.15. The smallest absolute Gasteiger partial charge is 0.366 e. The van der Waals surface area contributed by atoms with Crippen molar-refractivity contribution in [2.75, 3.05) is 0 Å². The van der Waals surface area contributed by atoms with Crippen LogP contribution in [0.3, 0.4) is 0 Å². The topological polar surface area (TPSA) is 141 Å². The number of pyridine rings is 1. The number of hydrogen-bond donors (Lipinski definition) is 2. The molecule has 0 aliphatic heterocycles. The van der Waals surface area contributed by atoms with E-state index in [4.69, 9.17) is 16.7 Å². The zero-order valence-corrected chi connectivity index (χ0v) is 19.8. The van der Waals surface area contributed by atoms with Gasteiger partial charge in [0.1, 0.15) is 5.69 Å². The third-order valence-corrected chi connectivity index (χ3v) is 5.84. The number of para-hydroxylation sites is 1. The third kappa shape index (κ3) is 4.61. The van der Waals surface area contributed by atoms with E-state index < -0.39 is 46.4 Å². The molecule has 0 aliphatic rings. The molecule has 0 saturated heterocycles. The molecule has 4 N–H and O–H groups in total. The normalized spacial score (nSPS) is 11.6. The first-order chi connectivity index (χ1) is 17.4. The Morgan fingerprint density at radius 3 is 2.22 bits per heavy atom. The van der Waals surface area contributed by atoms with Crippen LogP contribution < -0.4 is 11.5 Å². The number of nitrogens with two attached hydrogens (primary N) is 2. The van der Waals surface area contributed by atoms with Crippen LogP contribution in [0.25, 0.3) is 22.0 Å². The molecule has 11 heteroatoms. The molecule has 37 heavy (non-hydrogen) atoms. The van der Waals surface area contributed by atoms with E-state index in [9.17, 15) is 22.8 Å². The average molecular weight is 506 g/mol. The fraction of sp³-hybridized carbons (Fsp3) is 0.192. The first-order valence-corrected chi connectivity index (χ1v) is 11.1. The molecule has 2 aromatic carbocycles. The molecule has 0 atom stereocenters. The summed E-state index contributed by atoms with van der Waals surface area (Å²) in [6, 6.07) is 14.5. The van der Waals surface area contributed by atoms with E-state index in [1.807, 2.05) is 6.07 Å². The molecule has 0 bridgehead atoms. The molecule has 4 rings (SSSR count). The molecule has 0 radical (unpaired) electrons. The summed E-state index contributed by atoms with van der Waals surface area (Å²) in [5.74, 6) is -2.70. The lowest BCUT2D eigenvalue weighted by molar-refractivity contribution is -0.141. The molecule has 2 aromatic heterocycles. The molecule has 0 spiro atoms. The number of halogens is 3. The number of amides is 2. The Hall–Kier alpha value is -4.72. The van der Waals surface area contributed by atoms with Gasteiger partial charge in [-0.15, -0.1) is 0 Å². The number of alkyl halides is 3. The molecule has 0 saturated carbocycles. The van der Waals surface area contributed by atoms with Crippen molar-refractivity contribution in [3.05, 3.63) is 82.3 Å². The van der Waals surface area contributed by atoms with Gasteiger partial charge in [0.15, 0.2) is 5.69 Å². The van der Waals surface area contributed by atoms with Crippen LogP contribution >= 0.6 is 0 Å². The van der Waals surface area contributed by atoms with E-state index in [0.29, 0.717) is 11.1 Å². The van der Waals surface area contributed by atoms with Crippen molar-refractivity contribution in [2.24, 2.45) is 11.5 Å². The van der Waals surface area contributed by atoms with Crippen LogP contribution in [0.4, 0.5) is 13.2 Å². The van der Waals surface area contributed by atoms with Crippen molar-refractivity contribution in [3.8, 4) is 17.2 Å². The summed E-state index contributed by atoms with van der Waals surface area (Å²) in [6.45, 7) is 3.26. The predicted octanol–water partition coefficient (Wildman–Crippen LogP) is 4.36. The summed E-state index contributed by atoms with van der Waals surface area (Å²) >= 11 is 0. The number of primary amides is 2. The third-order valence-electron chi connectivity index (χ3n) is 5.84. The van der Waals surface area contributed by atoms with Gasteiger partial charge < -0.3 is 11.5 Å². The quantitative estimate of drug-likeness (QED) is 0.400. The van der Waals surface area contributed by atoms with Crippen LogP contribution in [0.5, 0.6) is 0 Å². The van der Waals surface area contributed by atoms with Gasteiger partial charge in [0, 0.05) is 22.2 Å². The average Bonchev–Trinajstić information content (AvgIpc) is 3.22. The zero-order chi connectivity index (χ0) is 27.1. The van der Waals surface area contributed by atoms with Crippen LogP contribution in [0.1, 0.15) is 63.1 Å². The lowest BCUT2D eigenvalue weighted by Gasteiger charge is -2.18. The highest BCUT2D eigenvalue weighted by atomic mass is 19.4. The van der Waals surface area contributed by atoms with Crippen LogP contribution in [0.2, 0.25) is 0 Å². The van der Waals surface area contributed by atoms with Gasteiger partial charge in [-0.05, 0) is 29.7 Å². The van der Waals surface area contributed by atoms with E-state index in [-0.39, 0.29) is 28.7 Å². The first-order valence-electron chi connectivity index (χ1n) is 11.1. The lowest BCUT2D eigenvalue weighted by atomic mass is 9.89. The van der Waals surface area contributed by atoms with Crippen LogP contribution in [0.15, 0.2) is 48.5 Å². The van der Waals surface area contributed by atoms with E-state index in [0.717, 1.165) is 0 Å². The minimum absolute atomic E-state index is 0.0683. The van der Waals surface area contributed by atoms with E-state index in [1.165, 1.54) is 16.8 Å². The molecule has 8 nitrogen and oxygen atoms in total. The van der Waals surface area contributed by atoms with Gasteiger partial charge in [-0.3, -0.25) is 14.3 Å². The zero-order valence-electron chi connectivity index (χ0n) is 19.8. The number of hydrogen-bond acceptors (Lipinski definition) is 5. The second-order valence-corrected chi connectivity index (χ2v) is 8.68. The fourth-order valence-corrected chi connectivity index (χ4v) is 4.37. The van der Waals surface area contributed by atoms with Crippen molar-refractivity contribution in [3.63, 3.8) is 0 Å². The largest absolute Gasteiger partial charge is 0.435 e. The highest BCUT2D eigenvalue weighted by Gasteiger charge is 2.42. The summed E-state index contributed by atoms with van der Waals surface area (Å²) in [4.78, 5) is 29.4. The van der Waals surface area contributed by atoms with Gasteiger partial charge in [-0.25, -0.2) is 4.98 Å². The van der Waals surface area contributed by atoms with Gasteiger partial charge in [0.25, 0.3) is 5.91 Å². The van der Waals surface area contributed by atoms with Gasteiger partial charge in [0.05, 0.1) is 29.3 Å². The molecule has 0 unspecified atom stereocenters. The SMILES string of the molecule is CC(C)c1c(-c2c(C(N)=O)nc3ccccc3c2C(N)=O)c(C(F)(F)F)nn1Cc1ccc(C#N)cc1. The van der Waals surface area contributed by atoms with Gasteiger partial charge in [-0.2, -0.15) is 23.5 Å². The number of carbonyl (C=O) groups is 2. The Morgan fingerprint density at radius 2 is 1.68 bits per heavy atom. The summed E-state index contributed by atoms with van der Waals surface area (Å²) < 4.78 is 44.5. The first kappa shape index (κ1) is 25.4. The maximum absolute atomic E-state index is 14.4. The van der Waals surface area contributed by atoms with Gasteiger partial charge in [-0.1, -0.05) is 44.2 Å². The van der Waals surface area contributed by atoms with Crippen molar-refractivity contribution in [1.82, 2.24) is 14.8 Å². The summed E-state index contributed by atoms with van der Waals surface area (Å²) in [5, 5.41) is 13.1. The van der Waals surface area contributed by atoms with Crippen molar-refractivity contribution < 1.29 is 22.8 Å². The summed E-state index contributed by atoms with van der Waals surface area (Å²) in [5.41, 5.74) is 9.52. The van der Waals surface area contributed by atoms with Gasteiger partial charge >= 0.3 is 6.18 Å². The van der Waals surface area contributed by atoms with Crippen molar-refractivity contribution >= 4 is 22.7 Å². The highest BCUT2D eigenvalue weighted by Crippen LogP contribution is 2.44.